The molecule has 0 spiro atoms. The molecule has 24 heavy (non-hydrogen) atoms. The topological polar surface area (TPSA) is 75.6 Å². The molecule has 2 aromatic carbocycles. The van der Waals surface area contributed by atoms with Crippen LogP contribution in [0.15, 0.2) is 48.5 Å². The van der Waals surface area contributed by atoms with E-state index in [1.807, 2.05) is 6.92 Å². The summed E-state index contributed by atoms with van der Waals surface area (Å²) in [5, 5.41) is 12.4. The molecule has 1 heterocycles. The fourth-order valence-corrected chi connectivity index (χ4v) is 2.99. The molecule has 1 fully saturated rings. The van der Waals surface area contributed by atoms with E-state index in [2.05, 4.69) is 5.32 Å². The molecular weight excluding hydrogens is 306 g/mol. The second kappa shape index (κ2) is 6.84. The van der Waals surface area contributed by atoms with Gasteiger partial charge >= 0.3 is 5.97 Å². The van der Waals surface area contributed by atoms with Crippen molar-refractivity contribution in [2.45, 2.75) is 25.5 Å². The number of aromatic carboxylic acids is 1. The lowest BCUT2D eigenvalue weighted by Crippen LogP contribution is -2.39. The van der Waals surface area contributed by atoms with Gasteiger partial charge in [-0.2, -0.15) is 0 Å². The lowest BCUT2D eigenvalue weighted by molar-refractivity contribution is 0.0697. The maximum absolute atomic E-state index is 12.7. The van der Waals surface area contributed by atoms with Crippen LogP contribution in [-0.4, -0.2) is 35.7 Å². The quantitative estimate of drug-likeness (QED) is 0.906. The number of carbonyl (C=O) groups is 2. The summed E-state index contributed by atoms with van der Waals surface area (Å²) in [7, 11) is 0. The van der Waals surface area contributed by atoms with Gasteiger partial charge in [0.15, 0.2) is 0 Å². The predicted molar refractivity (Wildman–Crippen MR) is 90.1 cm³/mol. The number of carboxylic acid groups (broad SMARTS) is 1. The van der Waals surface area contributed by atoms with Gasteiger partial charge in [-0.15, -0.1) is 0 Å². The van der Waals surface area contributed by atoms with Gasteiger partial charge in [0.25, 0.3) is 5.91 Å². The monoisotopic (exact) mass is 325 g/mol. The van der Waals surface area contributed by atoms with Crippen LogP contribution in [0.5, 0.6) is 0 Å². The summed E-state index contributed by atoms with van der Waals surface area (Å²) < 4.78 is 5.48. The number of ether oxygens (including phenoxy) is 1. The van der Waals surface area contributed by atoms with Crippen molar-refractivity contribution in [3.05, 3.63) is 59.7 Å². The molecule has 5 nitrogen and oxygen atoms in total. The zero-order chi connectivity index (χ0) is 17.1. The highest BCUT2D eigenvalue weighted by atomic mass is 16.5. The molecule has 0 aliphatic carbocycles. The highest BCUT2D eigenvalue weighted by Gasteiger charge is 2.27. The smallest absolute Gasteiger partial charge is 0.336 e. The molecule has 0 aromatic heterocycles. The molecular formula is C19H19NO4. The molecule has 2 N–H and O–H groups in total. The van der Waals surface area contributed by atoms with E-state index in [0.29, 0.717) is 23.3 Å². The molecule has 3 rings (SSSR count). The summed E-state index contributed by atoms with van der Waals surface area (Å²) in [5.74, 6) is -1.23. The van der Waals surface area contributed by atoms with Crippen LogP contribution in [-0.2, 0) is 4.74 Å². The number of benzene rings is 2. The summed E-state index contributed by atoms with van der Waals surface area (Å²) in [6, 6.07) is 13.7. The first-order chi connectivity index (χ1) is 11.6. The van der Waals surface area contributed by atoms with Crippen LogP contribution in [0.25, 0.3) is 11.1 Å². The minimum Gasteiger partial charge on any atom is -0.478 e. The maximum Gasteiger partial charge on any atom is 0.336 e. The first kappa shape index (κ1) is 16.2. The molecule has 1 amide bonds. The van der Waals surface area contributed by atoms with Gasteiger partial charge in [-0.1, -0.05) is 36.4 Å². The molecule has 2 unspecified atom stereocenters. The number of nitrogens with one attached hydrogen (secondary N) is 1. The lowest BCUT2D eigenvalue weighted by Gasteiger charge is -2.18. The molecule has 124 valence electrons. The number of carboxylic acids is 1. The standard InChI is InChI=1S/C19H19NO4/c1-12-17(10-11-24-12)20-18(21)15-8-4-2-6-13(15)14-7-3-5-9-16(14)19(22)23/h2-9,12,17H,10-11H2,1H3,(H,20,21)(H,22,23). The molecule has 1 saturated heterocycles. The molecule has 0 radical (unpaired) electrons. The second-order valence-corrected chi connectivity index (χ2v) is 5.84. The molecule has 1 aliphatic rings. The van der Waals surface area contributed by atoms with Gasteiger partial charge in [-0.25, -0.2) is 4.79 Å². The lowest BCUT2D eigenvalue weighted by atomic mass is 9.94. The second-order valence-electron chi connectivity index (χ2n) is 5.84. The number of amides is 1. The van der Waals surface area contributed by atoms with E-state index in [-0.39, 0.29) is 23.6 Å². The van der Waals surface area contributed by atoms with E-state index in [1.165, 1.54) is 0 Å². The molecule has 1 aliphatic heterocycles. The molecule has 0 saturated carbocycles. The van der Waals surface area contributed by atoms with E-state index in [4.69, 9.17) is 4.74 Å². The largest absolute Gasteiger partial charge is 0.478 e. The van der Waals surface area contributed by atoms with Gasteiger partial charge in [0.2, 0.25) is 0 Å². The third-order valence-electron chi connectivity index (χ3n) is 4.31. The van der Waals surface area contributed by atoms with Crippen LogP contribution in [0.2, 0.25) is 0 Å². The summed E-state index contributed by atoms with van der Waals surface area (Å²) in [6.45, 7) is 2.57. The summed E-state index contributed by atoms with van der Waals surface area (Å²) >= 11 is 0. The maximum atomic E-state index is 12.7. The van der Waals surface area contributed by atoms with Crippen LogP contribution >= 0.6 is 0 Å². The van der Waals surface area contributed by atoms with Crippen molar-refractivity contribution in [3.8, 4) is 11.1 Å². The van der Waals surface area contributed by atoms with Crippen LogP contribution in [0.4, 0.5) is 0 Å². The summed E-state index contributed by atoms with van der Waals surface area (Å²) in [6.07, 6.45) is 0.758. The van der Waals surface area contributed by atoms with Gasteiger partial charge in [-0.05, 0) is 36.6 Å². The van der Waals surface area contributed by atoms with Crippen molar-refractivity contribution >= 4 is 11.9 Å². The average molecular weight is 325 g/mol. The SMILES string of the molecule is CC1OCCC1NC(=O)c1ccccc1-c1ccccc1C(=O)O. The predicted octanol–water partition coefficient (Wildman–Crippen LogP) is 2.96. The minimum absolute atomic E-state index is 0.0209. The van der Waals surface area contributed by atoms with E-state index in [9.17, 15) is 14.7 Å². The van der Waals surface area contributed by atoms with Gasteiger partial charge in [-0.3, -0.25) is 4.79 Å². The third kappa shape index (κ3) is 3.16. The Kier molecular flexibility index (Phi) is 4.62. The van der Waals surface area contributed by atoms with Gasteiger partial charge < -0.3 is 15.2 Å². The fourth-order valence-electron chi connectivity index (χ4n) is 2.99. The Labute approximate surface area is 140 Å². The Morgan fingerprint density at radius 3 is 2.21 bits per heavy atom. The van der Waals surface area contributed by atoms with Crippen molar-refractivity contribution < 1.29 is 19.4 Å². The average Bonchev–Trinajstić information content (AvgIpc) is 2.99. The molecule has 0 bridgehead atoms. The van der Waals surface area contributed by atoms with Crippen LogP contribution in [0, 0.1) is 0 Å². The van der Waals surface area contributed by atoms with Crippen LogP contribution in [0.1, 0.15) is 34.1 Å². The molecule has 2 atom stereocenters. The Balaban J connectivity index is 1.97. The van der Waals surface area contributed by atoms with Crippen LogP contribution in [0.3, 0.4) is 0 Å². The Morgan fingerprint density at radius 2 is 1.62 bits per heavy atom. The van der Waals surface area contributed by atoms with Crippen LogP contribution < -0.4 is 5.32 Å². The molecule has 5 heteroatoms. The minimum atomic E-state index is -1.02. The van der Waals surface area contributed by atoms with Crippen molar-refractivity contribution in [3.63, 3.8) is 0 Å². The van der Waals surface area contributed by atoms with Gasteiger partial charge in [0.05, 0.1) is 17.7 Å². The van der Waals surface area contributed by atoms with E-state index in [1.54, 1.807) is 48.5 Å². The molecule has 2 aromatic rings. The van der Waals surface area contributed by atoms with E-state index < -0.39 is 5.97 Å². The van der Waals surface area contributed by atoms with E-state index in [0.717, 1.165) is 6.42 Å². The van der Waals surface area contributed by atoms with Crippen molar-refractivity contribution in [1.82, 2.24) is 5.32 Å². The van der Waals surface area contributed by atoms with E-state index >= 15 is 0 Å². The Bertz CT molecular complexity index is 771. The zero-order valence-corrected chi connectivity index (χ0v) is 13.4. The number of hydrogen-bond acceptors (Lipinski definition) is 3. The van der Waals surface area contributed by atoms with Crippen molar-refractivity contribution in [2.24, 2.45) is 0 Å². The van der Waals surface area contributed by atoms with Gasteiger partial charge in [0, 0.05) is 12.2 Å². The number of rotatable bonds is 4. The van der Waals surface area contributed by atoms with Crippen molar-refractivity contribution in [2.75, 3.05) is 6.61 Å². The fraction of sp³-hybridized carbons (Fsp3) is 0.263. The highest BCUT2D eigenvalue weighted by Crippen LogP contribution is 2.27. The summed E-state index contributed by atoms with van der Waals surface area (Å²) in [5.41, 5.74) is 1.78. The number of carbonyl (C=O) groups excluding carboxylic acids is 1. The normalized spacial score (nSPS) is 19.9. The highest BCUT2D eigenvalue weighted by molar-refractivity contribution is 6.04. The Hall–Kier alpha value is -2.66. The van der Waals surface area contributed by atoms with Crippen molar-refractivity contribution in [1.29, 1.82) is 0 Å². The first-order valence-electron chi connectivity index (χ1n) is 7.92. The third-order valence-corrected chi connectivity index (χ3v) is 4.31. The Morgan fingerprint density at radius 1 is 1.04 bits per heavy atom. The first-order valence-corrected chi connectivity index (χ1v) is 7.92. The number of hydrogen-bond donors (Lipinski definition) is 2. The zero-order valence-electron chi connectivity index (χ0n) is 13.4. The summed E-state index contributed by atoms with van der Waals surface area (Å²) in [4.78, 5) is 24.2. The van der Waals surface area contributed by atoms with Gasteiger partial charge in [0.1, 0.15) is 0 Å².